The molecule has 0 aliphatic carbocycles. The number of alkyl halides is 1. The summed E-state index contributed by atoms with van der Waals surface area (Å²) in [4.78, 5) is 21.6. The molecule has 0 amide bonds. The van der Waals surface area contributed by atoms with Crippen LogP contribution in [0.5, 0.6) is 0 Å². The number of ketones is 1. The highest BCUT2D eigenvalue weighted by molar-refractivity contribution is 6.31. The topological polar surface area (TPSA) is 54.4 Å². The lowest BCUT2D eigenvalue weighted by Gasteiger charge is -2.09. The molecule has 0 spiro atoms. The summed E-state index contributed by atoms with van der Waals surface area (Å²) in [5, 5.41) is 7.79. The fourth-order valence-electron chi connectivity index (χ4n) is 1.27. The monoisotopic (exact) mass is 238 g/mol. The van der Waals surface area contributed by atoms with Gasteiger partial charge in [0.25, 0.3) is 0 Å². The number of carboxylic acid groups (broad SMARTS) is 1. The summed E-state index contributed by atoms with van der Waals surface area (Å²) in [5.74, 6) is -1.21. The van der Waals surface area contributed by atoms with Crippen molar-refractivity contribution in [3.05, 3.63) is 41.5 Å². The van der Waals surface area contributed by atoms with Gasteiger partial charge in [0.05, 0.1) is 0 Å². The summed E-state index contributed by atoms with van der Waals surface area (Å²) in [7, 11) is 0. The second kappa shape index (κ2) is 5.47. The minimum atomic E-state index is -1.04. The van der Waals surface area contributed by atoms with E-state index in [0.29, 0.717) is 11.1 Å². The van der Waals surface area contributed by atoms with E-state index in [1.165, 1.54) is 13.0 Å². The summed E-state index contributed by atoms with van der Waals surface area (Å²) >= 11 is 5.93. The van der Waals surface area contributed by atoms with E-state index in [1.807, 2.05) is 0 Å². The van der Waals surface area contributed by atoms with Crippen LogP contribution in [0.4, 0.5) is 0 Å². The summed E-state index contributed by atoms with van der Waals surface area (Å²) in [6.07, 6.45) is 2.44. The van der Waals surface area contributed by atoms with Crippen LogP contribution in [0.1, 0.15) is 23.4 Å². The van der Waals surface area contributed by atoms with Gasteiger partial charge in [-0.1, -0.05) is 24.3 Å². The molecule has 16 heavy (non-hydrogen) atoms. The average Bonchev–Trinajstić information content (AvgIpc) is 2.25. The first-order valence-corrected chi connectivity index (χ1v) is 5.10. The zero-order valence-corrected chi connectivity index (χ0v) is 9.44. The Morgan fingerprint density at radius 1 is 1.38 bits per heavy atom. The maximum absolute atomic E-state index is 11.2. The molecule has 0 bridgehead atoms. The second-order valence-corrected chi connectivity index (χ2v) is 3.71. The summed E-state index contributed by atoms with van der Waals surface area (Å²) in [6.45, 7) is 1.40. The highest BCUT2D eigenvalue weighted by Crippen LogP contribution is 2.25. The van der Waals surface area contributed by atoms with Crippen LogP contribution in [0, 0.1) is 0 Å². The standard InChI is InChI=1S/C12H11ClO3/c1-8(14)12(13)10-5-3-2-4-9(10)6-7-11(15)16/h2-7,12H,1H3,(H,15,16)/b7-6+. The molecule has 84 valence electrons. The van der Waals surface area contributed by atoms with Crippen molar-refractivity contribution in [1.29, 1.82) is 0 Å². The van der Waals surface area contributed by atoms with Gasteiger partial charge in [-0.25, -0.2) is 4.79 Å². The van der Waals surface area contributed by atoms with Gasteiger partial charge in [-0.15, -0.1) is 11.6 Å². The second-order valence-electron chi connectivity index (χ2n) is 3.27. The number of Topliss-reactive ketones (excluding diaryl/α,β-unsaturated/α-hetero) is 1. The van der Waals surface area contributed by atoms with Crippen LogP contribution in [0.15, 0.2) is 30.3 Å². The number of hydrogen-bond donors (Lipinski definition) is 1. The Hall–Kier alpha value is -1.61. The smallest absolute Gasteiger partial charge is 0.328 e. The van der Waals surface area contributed by atoms with E-state index in [0.717, 1.165) is 6.08 Å². The van der Waals surface area contributed by atoms with E-state index in [-0.39, 0.29) is 5.78 Å². The molecule has 4 heteroatoms. The fourth-order valence-corrected chi connectivity index (χ4v) is 1.47. The van der Waals surface area contributed by atoms with E-state index in [4.69, 9.17) is 16.7 Å². The lowest BCUT2D eigenvalue weighted by molar-refractivity contribution is -0.131. The van der Waals surface area contributed by atoms with Gasteiger partial charge in [0.1, 0.15) is 5.38 Å². The van der Waals surface area contributed by atoms with Crippen molar-refractivity contribution in [3.63, 3.8) is 0 Å². The molecule has 1 unspecified atom stereocenters. The quantitative estimate of drug-likeness (QED) is 0.648. The molecule has 0 aliphatic heterocycles. The average molecular weight is 239 g/mol. The van der Waals surface area contributed by atoms with E-state index >= 15 is 0 Å². The Bertz CT molecular complexity index is 438. The van der Waals surface area contributed by atoms with Crippen molar-refractivity contribution < 1.29 is 14.7 Å². The number of carbonyl (C=O) groups is 2. The lowest BCUT2D eigenvalue weighted by atomic mass is 10.0. The Kier molecular flexibility index (Phi) is 4.26. The third kappa shape index (κ3) is 3.21. The number of aliphatic carboxylic acids is 1. The van der Waals surface area contributed by atoms with Gasteiger partial charge in [-0.3, -0.25) is 4.79 Å². The number of hydrogen-bond acceptors (Lipinski definition) is 2. The normalized spacial score (nSPS) is 12.6. The molecule has 1 atom stereocenters. The van der Waals surface area contributed by atoms with Gasteiger partial charge in [0.15, 0.2) is 5.78 Å². The van der Waals surface area contributed by atoms with E-state index in [2.05, 4.69) is 0 Å². The molecule has 0 aliphatic rings. The first-order chi connectivity index (χ1) is 7.52. The maximum atomic E-state index is 11.2. The van der Waals surface area contributed by atoms with Crippen LogP contribution < -0.4 is 0 Å². The van der Waals surface area contributed by atoms with Crippen LogP contribution >= 0.6 is 11.6 Å². The van der Waals surface area contributed by atoms with Crippen LogP contribution in [-0.4, -0.2) is 16.9 Å². The molecule has 1 rings (SSSR count). The number of carboxylic acids is 1. The van der Waals surface area contributed by atoms with Gasteiger partial charge < -0.3 is 5.11 Å². The fraction of sp³-hybridized carbons (Fsp3) is 0.167. The molecule has 1 aromatic rings. The van der Waals surface area contributed by atoms with Crippen molar-refractivity contribution in [2.24, 2.45) is 0 Å². The molecule has 3 nitrogen and oxygen atoms in total. The Morgan fingerprint density at radius 3 is 2.56 bits per heavy atom. The largest absolute Gasteiger partial charge is 0.478 e. The van der Waals surface area contributed by atoms with Gasteiger partial charge in [0, 0.05) is 6.08 Å². The third-order valence-corrected chi connectivity index (χ3v) is 2.57. The first kappa shape index (κ1) is 12.5. The zero-order chi connectivity index (χ0) is 12.1. The number of benzene rings is 1. The molecule has 0 fully saturated rings. The maximum Gasteiger partial charge on any atom is 0.328 e. The predicted molar refractivity (Wildman–Crippen MR) is 62.4 cm³/mol. The van der Waals surface area contributed by atoms with Crippen LogP contribution in [0.2, 0.25) is 0 Å². The van der Waals surface area contributed by atoms with Crippen LogP contribution in [-0.2, 0) is 9.59 Å². The molecule has 0 saturated heterocycles. The minimum absolute atomic E-state index is 0.169. The van der Waals surface area contributed by atoms with E-state index in [9.17, 15) is 9.59 Å². The highest BCUT2D eigenvalue weighted by Gasteiger charge is 2.15. The van der Waals surface area contributed by atoms with E-state index in [1.54, 1.807) is 24.3 Å². The van der Waals surface area contributed by atoms with Crippen molar-refractivity contribution in [1.82, 2.24) is 0 Å². The number of halogens is 1. The predicted octanol–water partition coefficient (Wildman–Crippen LogP) is 2.65. The van der Waals surface area contributed by atoms with Crippen molar-refractivity contribution in [3.8, 4) is 0 Å². The van der Waals surface area contributed by atoms with Crippen molar-refractivity contribution in [2.75, 3.05) is 0 Å². The lowest BCUT2D eigenvalue weighted by Crippen LogP contribution is -2.03. The van der Waals surface area contributed by atoms with Crippen LogP contribution in [0.25, 0.3) is 6.08 Å². The van der Waals surface area contributed by atoms with Crippen molar-refractivity contribution >= 4 is 29.4 Å². The Balaban J connectivity index is 3.10. The first-order valence-electron chi connectivity index (χ1n) is 4.67. The molecular weight excluding hydrogens is 228 g/mol. The van der Waals surface area contributed by atoms with Crippen molar-refractivity contribution in [2.45, 2.75) is 12.3 Å². The molecule has 1 aromatic carbocycles. The summed E-state index contributed by atoms with van der Waals surface area (Å²) in [6, 6.07) is 6.94. The zero-order valence-electron chi connectivity index (χ0n) is 8.68. The molecule has 1 N–H and O–H groups in total. The third-order valence-electron chi connectivity index (χ3n) is 2.03. The molecule has 0 saturated carbocycles. The van der Waals surface area contributed by atoms with E-state index < -0.39 is 11.3 Å². The van der Waals surface area contributed by atoms with Gasteiger partial charge >= 0.3 is 5.97 Å². The molecular formula is C12H11ClO3. The number of rotatable bonds is 4. The van der Waals surface area contributed by atoms with Gasteiger partial charge in [-0.2, -0.15) is 0 Å². The minimum Gasteiger partial charge on any atom is -0.478 e. The SMILES string of the molecule is CC(=O)C(Cl)c1ccccc1/C=C/C(=O)O. The van der Waals surface area contributed by atoms with Crippen LogP contribution in [0.3, 0.4) is 0 Å². The van der Waals surface area contributed by atoms with Gasteiger partial charge in [0.2, 0.25) is 0 Å². The van der Waals surface area contributed by atoms with Gasteiger partial charge in [-0.05, 0) is 24.1 Å². The Morgan fingerprint density at radius 2 is 2.00 bits per heavy atom. The summed E-state index contributed by atoms with van der Waals surface area (Å²) < 4.78 is 0. The summed E-state index contributed by atoms with van der Waals surface area (Å²) in [5.41, 5.74) is 1.26. The molecule has 0 radical (unpaired) electrons. The highest BCUT2D eigenvalue weighted by atomic mass is 35.5. The molecule has 0 aromatic heterocycles. The Labute approximate surface area is 98.4 Å². The molecule has 0 heterocycles. The number of carbonyl (C=O) groups excluding carboxylic acids is 1.